The first kappa shape index (κ1) is 16.5. The fourth-order valence-electron chi connectivity index (χ4n) is 2.68. The van der Waals surface area contributed by atoms with E-state index in [9.17, 15) is 9.18 Å². The van der Waals surface area contributed by atoms with Gasteiger partial charge in [0.25, 0.3) is 5.91 Å². The number of hydrogen-bond donors (Lipinski definition) is 1. The van der Waals surface area contributed by atoms with Gasteiger partial charge in [-0.2, -0.15) is 0 Å². The van der Waals surface area contributed by atoms with Gasteiger partial charge in [0, 0.05) is 30.2 Å². The second-order valence-corrected chi connectivity index (χ2v) is 6.01. The van der Waals surface area contributed by atoms with Crippen LogP contribution in [0.3, 0.4) is 0 Å². The van der Waals surface area contributed by atoms with Crippen LogP contribution in [0.25, 0.3) is 0 Å². The van der Waals surface area contributed by atoms with E-state index in [2.05, 4.69) is 17.2 Å². The van der Waals surface area contributed by atoms with Gasteiger partial charge in [0.05, 0.1) is 12.2 Å². The minimum Gasteiger partial charge on any atom is -0.381 e. The molecule has 1 unspecified atom stereocenters. The molecule has 0 spiro atoms. The van der Waals surface area contributed by atoms with Gasteiger partial charge in [-0.25, -0.2) is 4.39 Å². The molecule has 3 nitrogen and oxygen atoms in total. The van der Waals surface area contributed by atoms with Gasteiger partial charge in [0.1, 0.15) is 5.83 Å². The molecule has 0 aromatic heterocycles. The van der Waals surface area contributed by atoms with Crippen LogP contribution in [-0.4, -0.2) is 25.7 Å². The number of amides is 1. The lowest BCUT2D eigenvalue weighted by molar-refractivity contribution is 0.0945. The Hall–Kier alpha value is -2.38. The molecule has 4 heteroatoms. The van der Waals surface area contributed by atoms with Gasteiger partial charge in [-0.3, -0.25) is 4.79 Å². The molecule has 0 saturated carbocycles. The smallest absolute Gasteiger partial charge is 0.251 e. The second-order valence-electron chi connectivity index (χ2n) is 6.01. The van der Waals surface area contributed by atoms with Crippen molar-refractivity contribution >= 4 is 5.91 Å². The van der Waals surface area contributed by atoms with Crippen LogP contribution in [0.4, 0.5) is 4.39 Å². The van der Waals surface area contributed by atoms with Crippen molar-refractivity contribution in [1.82, 2.24) is 5.32 Å². The predicted molar refractivity (Wildman–Crippen MR) is 91.1 cm³/mol. The number of hydrogen-bond acceptors (Lipinski definition) is 2. The Kier molecular flexibility index (Phi) is 5.45. The Balaban J connectivity index is 1.58. The molecule has 1 heterocycles. The van der Waals surface area contributed by atoms with E-state index in [4.69, 9.17) is 4.74 Å². The number of benzene rings is 1. The van der Waals surface area contributed by atoms with E-state index < -0.39 is 0 Å². The summed E-state index contributed by atoms with van der Waals surface area (Å²) in [6.07, 6.45) is 5.93. The van der Waals surface area contributed by atoms with Gasteiger partial charge in [-0.05, 0) is 49.6 Å². The zero-order chi connectivity index (χ0) is 16.8. The molecule has 1 aliphatic heterocycles. The zero-order valence-corrected chi connectivity index (χ0v) is 13.5. The fraction of sp³-hybridized carbons (Fsp3) is 0.350. The summed E-state index contributed by atoms with van der Waals surface area (Å²) >= 11 is 0. The quantitative estimate of drug-likeness (QED) is 0.865. The van der Waals surface area contributed by atoms with Crippen LogP contribution in [0.5, 0.6) is 0 Å². The van der Waals surface area contributed by atoms with Crippen molar-refractivity contribution in [1.29, 1.82) is 0 Å². The average Bonchev–Trinajstić information content (AvgIpc) is 3.13. The third kappa shape index (κ3) is 4.33. The molecule has 24 heavy (non-hydrogen) atoms. The summed E-state index contributed by atoms with van der Waals surface area (Å²) in [4.78, 5) is 12.1. The summed E-state index contributed by atoms with van der Waals surface area (Å²) in [6.45, 7) is 2.13. The van der Waals surface area contributed by atoms with Crippen LogP contribution in [0.1, 0.15) is 35.2 Å². The summed E-state index contributed by atoms with van der Waals surface area (Å²) in [5.74, 6) is 5.86. The number of allylic oxidation sites excluding steroid dienone is 4. The molecule has 1 fully saturated rings. The topological polar surface area (TPSA) is 38.3 Å². The highest BCUT2D eigenvalue weighted by atomic mass is 19.1. The number of nitrogens with one attached hydrogen (secondary N) is 1. The van der Waals surface area contributed by atoms with E-state index >= 15 is 0 Å². The van der Waals surface area contributed by atoms with E-state index in [1.54, 1.807) is 30.3 Å². The molecule has 1 saturated heterocycles. The van der Waals surface area contributed by atoms with E-state index in [1.165, 1.54) is 0 Å². The normalized spacial score (nSPS) is 19.8. The molecule has 1 aliphatic carbocycles. The Morgan fingerprint density at radius 2 is 2.00 bits per heavy atom. The first-order chi connectivity index (χ1) is 11.7. The van der Waals surface area contributed by atoms with Gasteiger partial charge in [-0.1, -0.05) is 17.9 Å². The summed E-state index contributed by atoms with van der Waals surface area (Å²) in [5.41, 5.74) is 1.80. The highest BCUT2D eigenvalue weighted by molar-refractivity contribution is 5.94. The Labute approximate surface area is 141 Å². The molecule has 3 rings (SSSR count). The van der Waals surface area contributed by atoms with Crippen LogP contribution in [0.15, 0.2) is 47.8 Å². The third-order valence-electron chi connectivity index (χ3n) is 4.16. The summed E-state index contributed by atoms with van der Waals surface area (Å²) in [6, 6.07) is 7.05. The molecule has 124 valence electrons. The van der Waals surface area contributed by atoms with Crippen LogP contribution >= 0.6 is 0 Å². The summed E-state index contributed by atoms with van der Waals surface area (Å²) < 4.78 is 18.9. The summed E-state index contributed by atoms with van der Waals surface area (Å²) in [7, 11) is 0. The molecule has 1 N–H and O–H groups in total. The van der Waals surface area contributed by atoms with Crippen molar-refractivity contribution in [2.24, 2.45) is 5.92 Å². The summed E-state index contributed by atoms with van der Waals surface area (Å²) in [5, 5.41) is 2.93. The molecule has 1 atom stereocenters. The number of carbonyl (C=O) groups is 1. The fourth-order valence-corrected chi connectivity index (χ4v) is 2.68. The number of ether oxygens (including phenoxy) is 1. The monoisotopic (exact) mass is 325 g/mol. The van der Waals surface area contributed by atoms with E-state index in [0.29, 0.717) is 23.6 Å². The van der Waals surface area contributed by atoms with Crippen molar-refractivity contribution in [3.63, 3.8) is 0 Å². The third-order valence-corrected chi connectivity index (χ3v) is 4.16. The van der Waals surface area contributed by atoms with E-state index in [-0.39, 0.29) is 11.7 Å². The SMILES string of the molecule is O=C(NCC1CCOC1)c1ccc(C#CC2=CCCC=C2F)cc1. The highest BCUT2D eigenvalue weighted by Crippen LogP contribution is 2.19. The van der Waals surface area contributed by atoms with Gasteiger partial charge < -0.3 is 10.1 Å². The van der Waals surface area contributed by atoms with Crippen molar-refractivity contribution in [2.75, 3.05) is 19.8 Å². The molecule has 1 amide bonds. The molecule has 1 aromatic carbocycles. The maximum absolute atomic E-state index is 13.6. The van der Waals surface area contributed by atoms with Gasteiger partial charge in [0.15, 0.2) is 0 Å². The van der Waals surface area contributed by atoms with Crippen molar-refractivity contribution < 1.29 is 13.9 Å². The maximum atomic E-state index is 13.6. The van der Waals surface area contributed by atoms with Crippen molar-refractivity contribution in [3.8, 4) is 11.8 Å². The minimum atomic E-state index is -0.249. The van der Waals surface area contributed by atoms with Gasteiger partial charge in [0.2, 0.25) is 0 Å². The lowest BCUT2D eigenvalue weighted by Crippen LogP contribution is -2.29. The number of rotatable bonds is 3. The van der Waals surface area contributed by atoms with Crippen LogP contribution < -0.4 is 5.32 Å². The van der Waals surface area contributed by atoms with E-state index in [0.717, 1.165) is 38.0 Å². The first-order valence-electron chi connectivity index (χ1n) is 8.26. The first-order valence-corrected chi connectivity index (χ1v) is 8.26. The number of carbonyl (C=O) groups excluding carboxylic acids is 1. The average molecular weight is 325 g/mol. The van der Waals surface area contributed by atoms with Crippen LogP contribution in [0.2, 0.25) is 0 Å². The largest absolute Gasteiger partial charge is 0.381 e. The molecule has 1 aromatic rings. The van der Waals surface area contributed by atoms with Gasteiger partial charge >= 0.3 is 0 Å². The van der Waals surface area contributed by atoms with Crippen molar-refractivity contribution in [2.45, 2.75) is 19.3 Å². The molecule has 2 aliphatic rings. The standard InChI is InChI=1S/C20H20FNO2/c21-19-4-2-1-3-17(19)8-5-15-6-9-18(10-7-15)20(23)22-13-16-11-12-24-14-16/h3-4,6-7,9-10,16H,1-2,11-14H2,(H,22,23). The Bertz CT molecular complexity index is 716. The van der Waals surface area contributed by atoms with E-state index in [1.807, 2.05) is 6.08 Å². The molecular formula is C20H20FNO2. The Morgan fingerprint density at radius 3 is 2.71 bits per heavy atom. The second kappa shape index (κ2) is 7.94. The number of halogens is 1. The van der Waals surface area contributed by atoms with Gasteiger partial charge in [-0.15, -0.1) is 0 Å². The van der Waals surface area contributed by atoms with Crippen molar-refractivity contribution in [3.05, 3.63) is 58.9 Å². The minimum absolute atomic E-state index is 0.0922. The zero-order valence-electron chi connectivity index (χ0n) is 13.5. The lowest BCUT2D eigenvalue weighted by atomic mass is 10.1. The van der Waals surface area contributed by atoms with Crippen LogP contribution in [-0.2, 0) is 4.74 Å². The Morgan fingerprint density at radius 1 is 1.21 bits per heavy atom. The predicted octanol–water partition coefficient (Wildman–Crippen LogP) is 3.38. The highest BCUT2D eigenvalue weighted by Gasteiger charge is 2.16. The molecule has 0 bridgehead atoms. The molecular weight excluding hydrogens is 305 g/mol. The van der Waals surface area contributed by atoms with Crippen LogP contribution in [0, 0.1) is 17.8 Å². The lowest BCUT2D eigenvalue weighted by Gasteiger charge is -2.09. The maximum Gasteiger partial charge on any atom is 0.251 e. The molecule has 0 radical (unpaired) electrons.